The predicted molar refractivity (Wildman–Crippen MR) is 114 cm³/mol. The van der Waals surface area contributed by atoms with E-state index in [1.165, 1.54) is 0 Å². The summed E-state index contributed by atoms with van der Waals surface area (Å²) in [7, 11) is 0. The van der Waals surface area contributed by atoms with E-state index in [1.54, 1.807) is 28.4 Å². The Kier molecular flexibility index (Phi) is 6.50. The van der Waals surface area contributed by atoms with Gasteiger partial charge in [-0.3, -0.25) is 9.89 Å². The first-order chi connectivity index (χ1) is 12.9. The van der Waals surface area contributed by atoms with Gasteiger partial charge in [-0.1, -0.05) is 36.4 Å². The lowest BCUT2D eigenvalue weighted by Crippen LogP contribution is -2.42. The van der Waals surface area contributed by atoms with Crippen LogP contribution in [-0.2, 0) is 4.74 Å². The number of carbonyl (C=O) groups is 1. The molecule has 27 heavy (non-hydrogen) atoms. The van der Waals surface area contributed by atoms with Crippen LogP contribution in [0, 0.1) is 0 Å². The maximum Gasteiger partial charge on any atom is 0.415 e. The molecule has 1 aliphatic heterocycles. The van der Waals surface area contributed by atoms with Crippen LogP contribution in [0.3, 0.4) is 0 Å². The minimum absolute atomic E-state index is 0.0372. The fourth-order valence-corrected chi connectivity index (χ4v) is 5.14. The molecule has 1 aliphatic rings. The molecule has 142 valence electrons. The molecule has 0 radical (unpaired) electrons. The van der Waals surface area contributed by atoms with Gasteiger partial charge in [0.1, 0.15) is 16.0 Å². The number of aliphatic imine (C=N–C) groups is 1. The topological polar surface area (TPSA) is 41.9 Å². The van der Waals surface area contributed by atoms with Crippen LogP contribution < -0.4 is 0 Å². The van der Waals surface area contributed by atoms with E-state index in [-0.39, 0.29) is 10.7 Å². The van der Waals surface area contributed by atoms with E-state index in [0.717, 1.165) is 15.6 Å². The second-order valence-corrected chi connectivity index (χ2v) is 9.72. The average molecular weight is 401 g/mol. The van der Waals surface area contributed by atoms with Crippen LogP contribution in [0.5, 0.6) is 0 Å². The summed E-state index contributed by atoms with van der Waals surface area (Å²) in [5, 5.41) is 0. The number of benzene rings is 2. The van der Waals surface area contributed by atoms with Crippen molar-refractivity contribution in [2.75, 3.05) is 13.1 Å². The van der Waals surface area contributed by atoms with E-state index in [0.29, 0.717) is 13.1 Å². The summed E-state index contributed by atoms with van der Waals surface area (Å²) in [5.74, 6) is 0.770. The van der Waals surface area contributed by atoms with E-state index in [2.05, 4.69) is 29.3 Å². The lowest BCUT2D eigenvalue weighted by molar-refractivity contribution is 0.0383. The van der Waals surface area contributed by atoms with E-state index >= 15 is 0 Å². The Bertz CT molecular complexity index is 747. The van der Waals surface area contributed by atoms with Crippen LogP contribution in [0.2, 0.25) is 0 Å². The van der Waals surface area contributed by atoms with Gasteiger partial charge in [-0.2, -0.15) is 0 Å². The number of rotatable bonds is 5. The van der Waals surface area contributed by atoms with E-state index in [4.69, 9.17) is 4.74 Å². The van der Waals surface area contributed by atoms with Gasteiger partial charge in [0.15, 0.2) is 0 Å². The zero-order valence-electron chi connectivity index (χ0n) is 15.8. The van der Waals surface area contributed by atoms with Crippen LogP contribution in [0.4, 0.5) is 4.79 Å². The molecule has 0 atom stereocenters. The van der Waals surface area contributed by atoms with Crippen molar-refractivity contribution in [3.8, 4) is 0 Å². The van der Waals surface area contributed by atoms with Gasteiger partial charge in [0, 0.05) is 9.79 Å². The van der Waals surface area contributed by atoms with Crippen molar-refractivity contribution in [3.63, 3.8) is 0 Å². The number of carbonyl (C=O) groups excluding carboxylic acids is 1. The van der Waals surface area contributed by atoms with Gasteiger partial charge in [0.25, 0.3) is 0 Å². The zero-order valence-corrected chi connectivity index (χ0v) is 17.4. The maximum atomic E-state index is 12.7. The van der Waals surface area contributed by atoms with Gasteiger partial charge in [-0.25, -0.2) is 4.79 Å². The Morgan fingerprint density at radius 2 is 1.52 bits per heavy atom. The molecule has 0 spiro atoms. The first-order valence-electron chi connectivity index (χ1n) is 8.91. The molecule has 0 N–H and O–H groups in total. The van der Waals surface area contributed by atoms with Crippen molar-refractivity contribution in [1.29, 1.82) is 0 Å². The largest absolute Gasteiger partial charge is 0.443 e. The molecule has 4 nitrogen and oxygen atoms in total. The summed E-state index contributed by atoms with van der Waals surface area (Å²) in [6.45, 7) is 6.81. The van der Waals surface area contributed by atoms with Crippen LogP contribution in [0.15, 0.2) is 75.4 Å². The number of hydrogen-bond donors (Lipinski definition) is 0. The molecular formula is C21H24N2O2S2. The second kappa shape index (κ2) is 8.85. The molecule has 0 bridgehead atoms. The summed E-state index contributed by atoms with van der Waals surface area (Å²) < 4.78 is 5.55. The van der Waals surface area contributed by atoms with Gasteiger partial charge in [-0.05, 0) is 45.0 Å². The Hall–Kier alpha value is -1.92. The van der Waals surface area contributed by atoms with Crippen molar-refractivity contribution in [2.45, 2.75) is 40.7 Å². The van der Waals surface area contributed by atoms with Gasteiger partial charge >= 0.3 is 6.09 Å². The van der Waals surface area contributed by atoms with Gasteiger partial charge in [0.05, 0.1) is 13.1 Å². The normalized spacial score (nSPS) is 14.4. The number of amides is 1. The van der Waals surface area contributed by atoms with Gasteiger partial charge in [-0.15, -0.1) is 23.5 Å². The maximum absolute atomic E-state index is 12.7. The second-order valence-electron chi connectivity index (χ2n) is 7.07. The molecule has 3 rings (SSSR count). The Labute approximate surface area is 169 Å². The van der Waals surface area contributed by atoms with Crippen molar-refractivity contribution < 1.29 is 9.53 Å². The predicted octanol–water partition coefficient (Wildman–Crippen LogP) is 5.55. The number of ether oxygens (including phenoxy) is 1. The van der Waals surface area contributed by atoms with Crippen LogP contribution >= 0.6 is 23.5 Å². The molecular weight excluding hydrogens is 376 g/mol. The van der Waals surface area contributed by atoms with E-state index < -0.39 is 5.60 Å². The molecule has 0 unspecified atom stereocenters. The highest BCUT2D eigenvalue weighted by molar-refractivity contribution is 8.18. The smallest absolute Gasteiger partial charge is 0.415 e. The fraction of sp³-hybridized carbons (Fsp3) is 0.333. The SMILES string of the molecule is CC(C)(C)OC(=O)N1CCN=C1C(Sc1ccccc1)Sc1ccccc1. The number of hydrogen-bond acceptors (Lipinski definition) is 5. The van der Waals surface area contributed by atoms with Gasteiger partial charge < -0.3 is 4.74 Å². The minimum Gasteiger partial charge on any atom is -0.443 e. The molecule has 2 aromatic carbocycles. The fourth-order valence-electron chi connectivity index (χ4n) is 2.54. The third kappa shape index (κ3) is 5.78. The monoisotopic (exact) mass is 400 g/mol. The molecule has 0 saturated carbocycles. The third-order valence-electron chi connectivity index (χ3n) is 3.67. The number of amidine groups is 1. The average Bonchev–Trinajstić information content (AvgIpc) is 3.11. The summed E-state index contributed by atoms with van der Waals surface area (Å²) >= 11 is 3.41. The third-order valence-corrected chi connectivity index (χ3v) is 6.19. The van der Waals surface area contributed by atoms with Crippen LogP contribution in [0.25, 0.3) is 0 Å². The molecule has 0 aromatic heterocycles. The lowest BCUT2D eigenvalue weighted by Gasteiger charge is -2.28. The Morgan fingerprint density at radius 1 is 1.00 bits per heavy atom. The highest BCUT2D eigenvalue weighted by Crippen LogP contribution is 2.38. The minimum atomic E-state index is -0.528. The number of thioether (sulfide) groups is 2. The first-order valence-corrected chi connectivity index (χ1v) is 10.7. The zero-order chi connectivity index (χ0) is 19.3. The summed E-state index contributed by atoms with van der Waals surface area (Å²) in [6.07, 6.45) is -0.328. The molecule has 6 heteroatoms. The van der Waals surface area contributed by atoms with Crippen LogP contribution in [0.1, 0.15) is 20.8 Å². The molecule has 2 aromatic rings. The number of nitrogens with zero attached hydrogens (tertiary/aromatic N) is 2. The van der Waals surface area contributed by atoms with Crippen molar-refractivity contribution in [3.05, 3.63) is 60.7 Å². The highest BCUT2D eigenvalue weighted by Gasteiger charge is 2.34. The Morgan fingerprint density at radius 3 is 2.00 bits per heavy atom. The standard InChI is InChI=1S/C21H24N2O2S2/c1-21(2,3)25-20(24)23-15-14-22-18(23)19(26-16-10-6-4-7-11-16)27-17-12-8-5-9-13-17/h4-13,19H,14-15H2,1-3H3. The van der Waals surface area contributed by atoms with Crippen molar-refractivity contribution >= 4 is 35.5 Å². The quantitative estimate of drug-likeness (QED) is 0.488. The molecule has 1 amide bonds. The summed E-state index contributed by atoms with van der Waals surface area (Å²) in [5.41, 5.74) is -0.528. The lowest BCUT2D eigenvalue weighted by atomic mass is 10.2. The highest BCUT2D eigenvalue weighted by atomic mass is 32.2. The summed E-state index contributed by atoms with van der Waals surface area (Å²) in [4.78, 5) is 21.3. The first kappa shape index (κ1) is 19.8. The molecule has 0 saturated heterocycles. The molecule has 0 fully saturated rings. The Balaban J connectivity index is 1.83. The van der Waals surface area contributed by atoms with Crippen molar-refractivity contribution in [1.82, 2.24) is 4.90 Å². The van der Waals surface area contributed by atoms with E-state index in [9.17, 15) is 4.79 Å². The van der Waals surface area contributed by atoms with Crippen molar-refractivity contribution in [2.24, 2.45) is 4.99 Å². The molecule has 1 heterocycles. The molecule has 0 aliphatic carbocycles. The summed E-state index contributed by atoms with van der Waals surface area (Å²) in [6, 6.07) is 20.4. The van der Waals surface area contributed by atoms with Crippen LogP contribution in [-0.4, -0.2) is 40.1 Å². The van der Waals surface area contributed by atoms with Gasteiger partial charge in [0.2, 0.25) is 0 Å². The van der Waals surface area contributed by atoms with E-state index in [1.807, 2.05) is 57.2 Å².